The Labute approximate surface area is 185 Å². The maximum Gasteiger partial charge on any atom is 0.272 e. The van der Waals surface area contributed by atoms with Crippen molar-refractivity contribution < 1.29 is 4.79 Å². The van der Waals surface area contributed by atoms with Crippen LogP contribution in [-0.4, -0.2) is 16.7 Å². The van der Waals surface area contributed by atoms with Crippen LogP contribution in [0.1, 0.15) is 21.5 Å². The van der Waals surface area contributed by atoms with Crippen molar-refractivity contribution in [1.29, 1.82) is 0 Å². The number of hydrazone groups is 1. The van der Waals surface area contributed by atoms with Gasteiger partial charge in [0, 0.05) is 38.2 Å². The molecule has 6 heteroatoms. The van der Waals surface area contributed by atoms with Crippen LogP contribution in [-0.2, 0) is 6.54 Å². The molecule has 29 heavy (non-hydrogen) atoms. The SMILES string of the molecule is O=C(N/N=C\c1cn(Cc2ccc(Br)cc2)c2ccccc12)c1ccccc1Br. The second kappa shape index (κ2) is 8.76. The first-order valence-corrected chi connectivity index (χ1v) is 10.6. The summed E-state index contributed by atoms with van der Waals surface area (Å²) in [6.07, 6.45) is 3.75. The third-order valence-corrected chi connectivity index (χ3v) is 5.79. The number of hydrogen-bond donors (Lipinski definition) is 1. The lowest BCUT2D eigenvalue weighted by Crippen LogP contribution is -2.18. The van der Waals surface area contributed by atoms with Crippen LogP contribution in [0.25, 0.3) is 10.9 Å². The Kier molecular flexibility index (Phi) is 5.92. The van der Waals surface area contributed by atoms with E-state index in [9.17, 15) is 4.79 Å². The molecule has 1 amide bonds. The van der Waals surface area contributed by atoms with Crippen LogP contribution in [0.3, 0.4) is 0 Å². The Bertz CT molecular complexity index is 1200. The summed E-state index contributed by atoms with van der Waals surface area (Å²) in [6, 6.07) is 23.7. The van der Waals surface area contributed by atoms with E-state index in [0.717, 1.165) is 32.0 Å². The Morgan fingerprint density at radius 2 is 1.69 bits per heavy atom. The highest BCUT2D eigenvalue weighted by Gasteiger charge is 2.09. The van der Waals surface area contributed by atoms with Gasteiger partial charge in [-0.05, 0) is 51.8 Å². The maximum atomic E-state index is 12.3. The standard InChI is InChI=1S/C23H17Br2N3O/c24-18-11-9-16(10-12-18)14-28-15-17(19-5-2-4-8-22(19)28)13-26-27-23(29)20-6-1-3-7-21(20)25/h1-13,15H,14H2,(H,27,29)/b26-13-. The van der Waals surface area contributed by atoms with Crippen molar-refractivity contribution >= 4 is 54.9 Å². The minimum Gasteiger partial charge on any atom is -0.342 e. The van der Waals surface area contributed by atoms with Crippen molar-refractivity contribution in [2.24, 2.45) is 5.10 Å². The predicted octanol–water partition coefficient (Wildman–Crippen LogP) is 5.98. The fourth-order valence-electron chi connectivity index (χ4n) is 3.16. The van der Waals surface area contributed by atoms with Crippen LogP contribution in [0.2, 0.25) is 0 Å². The normalized spacial score (nSPS) is 11.2. The first-order chi connectivity index (χ1) is 14.1. The molecule has 0 atom stereocenters. The minimum atomic E-state index is -0.257. The number of benzene rings is 3. The van der Waals surface area contributed by atoms with Crippen molar-refractivity contribution in [2.75, 3.05) is 0 Å². The van der Waals surface area contributed by atoms with Crippen molar-refractivity contribution in [3.05, 3.63) is 105 Å². The number of rotatable bonds is 5. The van der Waals surface area contributed by atoms with Gasteiger partial charge in [-0.25, -0.2) is 5.43 Å². The molecule has 1 heterocycles. The largest absolute Gasteiger partial charge is 0.342 e. The summed E-state index contributed by atoms with van der Waals surface area (Å²) < 4.78 is 3.99. The van der Waals surface area contributed by atoms with E-state index in [1.165, 1.54) is 5.56 Å². The lowest BCUT2D eigenvalue weighted by atomic mass is 10.2. The van der Waals surface area contributed by atoms with Gasteiger partial charge in [0.15, 0.2) is 0 Å². The lowest BCUT2D eigenvalue weighted by molar-refractivity contribution is 0.0954. The molecule has 0 saturated carbocycles. The molecule has 4 aromatic rings. The van der Waals surface area contributed by atoms with Gasteiger partial charge in [-0.3, -0.25) is 4.79 Å². The fourth-order valence-corrected chi connectivity index (χ4v) is 3.89. The second-order valence-electron chi connectivity index (χ2n) is 6.53. The molecule has 0 spiro atoms. The molecule has 0 aliphatic carbocycles. The number of hydrogen-bond acceptors (Lipinski definition) is 2. The fraction of sp³-hybridized carbons (Fsp3) is 0.0435. The summed E-state index contributed by atoms with van der Waals surface area (Å²) in [5.74, 6) is -0.257. The number of fused-ring (bicyclic) bond motifs is 1. The summed E-state index contributed by atoms with van der Waals surface area (Å²) in [4.78, 5) is 12.3. The van der Waals surface area contributed by atoms with Crippen LogP contribution in [0.4, 0.5) is 0 Å². The van der Waals surface area contributed by atoms with E-state index in [0.29, 0.717) is 5.56 Å². The summed E-state index contributed by atoms with van der Waals surface area (Å²) >= 11 is 6.86. The highest BCUT2D eigenvalue weighted by molar-refractivity contribution is 9.10. The molecule has 3 aromatic carbocycles. The number of halogens is 2. The van der Waals surface area contributed by atoms with E-state index in [2.05, 4.69) is 77.4 Å². The molecule has 144 valence electrons. The van der Waals surface area contributed by atoms with E-state index in [4.69, 9.17) is 0 Å². The monoisotopic (exact) mass is 509 g/mol. The van der Waals surface area contributed by atoms with Crippen molar-refractivity contribution in [3.8, 4) is 0 Å². The number of nitrogens with zero attached hydrogens (tertiary/aromatic N) is 2. The third kappa shape index (κ3) is 4.49. The van der Waals surface area contributed by atoms with Crippen LogP contribution in [0.5, 0.6) is 0 Å². The Balaban J connectivity index is 1.57. The first kappa shape index (κ1) is 19.6. The molecular weight excluding hydrogens is 494 g/mol. The Hall–Kier alpha value is -2.70. The van der Waals surface area contributed by atoms with E-state index in [1.54, 1.807) is 12.3 Å². The molecule has 0 saturated heterocycles. The van der Waals surface area contributed by atoms with Gasteiger partial charge in [0.2, 0.25) is 0 Å². The van der Waals surface area contributed by atoms with Crippen molar-refractivity contribution in [1.82, 2.24) is 9.99 Å². The predicted molar refractivity (Wildman–Crippen MR) is 124 cm³/mol. The van der Waals surface area contributed by atoms with Gasteiger partial charge < -0.3 is 4.57 Å². The molecule has 4 rings (SSSR count). The number of aromatic nitrogens is 1. The Morgan fingerprint density at radius 3 is 2.48 bits per heavy atom. The van der Waals surface area contributed by atoms with E-state index < -0.39 is 0 Å². The van der Waals surface area contributed by atoms with Gasteiger partial charge in [0.1, 0.15) is 0 Å². The molecule has 1 N–H and O–H groups in total. The van der Waals surface area contributed by atoms with Gasteiger partial charge >= 0.3 is 0 Å². The lowest BCUT2D eigenvalue weighted by Gasteiger charge is -2.05. The van der Waals surface area contributed by atoms with Crippen LogP contribution < -0.4 is 5.43 Å². The van der Waals surface area contributed by atoms with E-state index >= 15 is 0 Å². The minimum absolute atomic E-state index is 0.257. The number of carbonyl (C=O) groups excluding carboxylic acids is 1. The summed E-state index contributed by atoms with van der Waals surface area (Å²) in [6.45, 7) is 0.755. The number of carbonyl (C=O) groups is 1. The zero-order valence-corrected chi connectivity index (χ0v) is 18.5. The van der Waals surface area contributed by atoms with Crippen molar-refractivity contribution in [3.63, 3.8) is 0 Å². The third-order valence-electron chi connectivity index (χ3n) is 4.57. The maximum absolute atomic E-state index is 12.3. The second-order valence-corrected chi connectivity index (χ2v) is 8.30. The average Bonchev–Trinajstić information content (AvgIpc) is 3.08. The highest BCUT2D eigenvalue weighted by Crippen LogP contribution is 2.22. The van der Waals surface area contributed by atoms with Crippen LogP contribution in [0.15, 0.2) is 93.0 Å². The number of amides is 1. The Morgan fingerprint density at radius 1 is 0.966 bits per heavy atom. The number of para-hydroxylation sites is 1. The molecule has 0 aliphatic rings. The molecule has 0 aliphatic heterocycles. The summed E-state index contributed by atoms with van der Waals surface area (Å²) in [7, 11) is 0. The van der Waals surface area contributed by atoms with Gasteiger partial charge in [0.05, 0.1) is 11.8 Å². The van der Waals surface area contributed by atoms with E-state index in [-0.39, 0.29) is 5.91 Å². The molecular formula is C23H17Br2N3O. The topological polar surface area (TPSA) is 46.4 Å². The van der Waals surface area contributed by atoms with Gasteiger partial charge in [-0.1, -0.05) is 58.4 Å². The highest BCUT2D eigenvalue weighted by atomic mass is 79.9. The van der Waals surface area contributed by atoms with Crippen molar-refractivity contribution in [2.45, 2.75) is 6.54 Å². The van der Waals surface area contributed by atoms with Gasteiger partial charge in [-0.2, -0.15) is 5.10 Å². The van der Waals surface area contributed by atoms with Gasteiger partial charge in [-0.15, -0.1) is 0 Å². The number of nitrogens with one attached hydrogen (secondary N) is 1. The molecule has 0 bridgehead atoms. The zero-order chi connectivity index (χ0) is 20.2. The van der Waals surface area contributed by atoms with Crippen LogP contribution in [0, 0.1) is 0 Å². The van der Waals surface area contributed by atoms with Crippen LogP contribution >= 0.6 is 31.9 Å². The summed E-state index contributed by atoms with van der Waals surface area (Å²) in [5.41, 5.74) is 6.42. The smallest absolute Gasteiger partial charge is 0.272 e. The molecule has 4 nitrogen and oxygen atoms in total. The van der Waals surface area contributed by atoms with E-state index in [1.807, 2.05) is 42.5 Å². The average molecular weight is 511 g/mol. The zero-order valence-electron chi connectivity index (χ0n) is 15.3. The molecule has 0 unspecified atom stereocenters. The summed E-state index contributed by atoms with van der Waals surface area (Å²) in [5, 5.41) is 5.26. The molecule has 1 aromatic heterocycles. The first-order valence-electron chi connectivity index (χ1n) is 9.02. The molecule has 0 fully saturated rings. The van der Waals surface area contributed by atoms with Gasteiger partial charge in [0.25, 0.3) is 5.91 Å². The molecule has 0 radical (unpaired) electrons. The quantitative estimate of drug-likeness (QED) is 0.260.